The van der Waals surface area contributed by atoms with Crippen molar-refractivity contribution in [3.8, 4) is 0 Å². The Bertz CT molecular complexity index is 426. The molecule has 0 aliphatic heterocycles. The van der Waals surface area contributed by atoms with Crippen LogP contribution in [0, 0.1) is 18.7 Å². The second-order valence-electron chi connectivity index (χ2n) is 3.82. The zero-order chi connectivity index (χ0) is 12.3. The molecule has 1 atom stereocenters. The van der Waals surface area contributed by atoms with Gasteiger partial charge in [-0.1, -0.05) is 6.92 Å². The quantitative estimate of drug-likeness (QED) is 0.799. The molecule has 0 aliphatic carbocycles. The summed E-state index contributed by atoms with van der Waals surface area (Å²) in [5.41, 5.74) is 0.914. The number of ketones is 1. The second kappa shape index (κ2) is 4.88. The van der Waals surface area contributed by atoms with Crippen LogP contribution < -0.4 is 0 Å². The summed E-state index contributed by atoms with van der Waals surface area (Å²) in [7, 11) is 0. The Labute approximate surface area is 92.9 Å². The third kappa shape index (κ3) is 2.89. The van der Waals surface area contributed by atoms with Crippen molar-refractivity contribution in [3.05, 3.63) is 35.1 Å². The Hall–Kier alpha value is -1.71. The summed E-state index contributed by atoms with van der Waals surface area (Å²) in [6.07, 6.45) is -0.213. The van der Waals surface area contributed by atoms with E-state index in [0.717, 1.165) is 0 Å². The molecule has 3 nitrogen and oxygen atoms in total. The third-order valence-corrected chi connectivity index (χ3v) is 2.38. The number of benzene rings is 1. The number of carbonyl (C=O) groups is 2. The Balaban J connectivity index is 2.92. The number of Topliss-reactive ketones (excluding diaryl/α,β-unsaturated/α-hetero) is 1. The van der Waals surface area contributed by atoms with Gasteiger partial charge in [0.2, 0.25) is 0 Å². The van der Waals surface area contributed by atoms with Gasteiger partial charge < -0.3 is 5.11 Å². The first-order chi connectivity index (χ1) is 7.41. The largest absolute Gasteiger partial charge is 0.481 e. The van der Waals surface area contributed by atoms with E-state index in [9.17, 15) is 14.0 Å². The Morgan fingerprint density at radius 3 is 2.56 bits per heavy atom. The molecule has 0 saturated heterocycles. The minimum Gasteiger partial charge on any atom is -0.481 e. The molecule has 0 amide bonds. The van der Waals surface area contributed by atoms with Crippen molar-refractivity contribution in [3.63, 3.8) is 0 Å². The minimum atomic E-state index is -1.01. The van der Waals surface area contributed by atoms with E-state index in [1.54, 1.807) is 13.8 Å². The second-order valence-corrected chi connectivity index (χ2v) is 3.82. The minimum absolute atomic E-state index is 0.213. The maximum Gasteiger partial charge on any atom is 0.304 e. The zero-order valence-electron chi connectivity index (χ0n) is 9.16. The first-order valence-electron chi connectivity index (χ1n) is 4.94. The number of rotatable bonds is 4. The number of carboxylic acid groups (broad SMARTS) is 1. The molecule has 0 fully saturated rings. The fourth-order valence-electron chi connectivity index (χ4n) is 1.52. The van der Waals surface area contributed by atoms with Crippen LogP contribution in [0.1, 0.15) is 29.3 Å². The first kappa shape index (κ1) is 12.4. The van der Waals surface area contributed by atoms with Gasteiger partial charge in [0.15, 0.2) is 5.78 Å². The van der Waals surface area contributed by atoms with Crippen molar-refractivity contribution < 1.29 is 19.1 Å². The SMILES string of the molecule is Cc1cc(F)ccc1C(=O)C(C)CC(=O)O. The van der Waals surface area contributed by atoms with E-state index in [0.29, 0.717) is 11.1 Å². The number of hydrogen-bond donors (Lipinski definition) is 1. The fourth-order valence-corrected chi connectivity index (χ4v) is 1.52. The summed E-state index contributed by atoms with van der Waals surface area (Å²) in [5, 5.41) is 8.58. The molecule has 16 heavy (non-hydrogen) atoms. The van der Waals surface area contributed by atoms with Crippen LogP contribution in [0.5, 0.6) is 0 Å². The van der Waals surface area contributed by atoms with Gasteiger partial charge in [0.1, 0.15) is 5.82 Å². The molecule has 0 bridgehead atoms. The number of aliphatic carboxylic acids is 1. The molecular formula is C12H13FO3. The number of carboxylic acids is 1. The molecule has 0 saturated carbocycles. The highest BCUT2D eigenvalue weighted by atomic mass is 19.1. The Morgan fingerprint density at radius 2 is 2.06 bits per heavy atom. The Kier molecular flexibility index (Phi) is 3.77. The van der Waals surface area contributed by atoms with Crippen LogP contribution in [0.4, 0.5) is 4.39 Å². The van der Waals surface area contributed by atoms with Crippen LogP contribution in [0.3, 0.4) is 0 Å². The lowest BCUT2D eigenvalue weighted by molar-refractivity contribution is -0.137. The van der Waals surface area contributed by atoms with Gasteiger partial charge in [0.05, 0.1) is 6.42 Å². The highest BCUT2D eigenvalue weighted by Crippen LogP contribution is 2.16. The van der Waals surface area contributed by atoms with Crippen molar-refractivity contribution in [1.29, 1.82) is 0 Å². The van der Waals surface area contributed by atoms with Gasteiger partial charge in [-0.2, -0.15) is 0 Å². The van der Waals surface area contributed by atoms with Gasteiger partial charge >= 0.3 is 5.97 Å². The van der Waals surface area contributed by atoms with Crippen molar-refractivity contribution in [1.82, 2.24) is 0 Å². The number of carbonyl (C=O) groups excluding carboxylic acids is 1. The maximum atomic E-state index is 12.8. The molecule has 0 aromatic heterocycles. The predicted molar refractivity (Wildman–Crippen MR) is 56.9 cm³/mol. The summed E-state index contributed by atoms with van der Waals surface area (Å²) in [6, 6.07) is 3.86. The molecule has 4 heteroatoms. The molecule has 0 heterocycles. The van der Waals surface area contributed by atoms with Gasteiger partial charge in [-0.25, -0.2) is 4.39 Å². The summed E-state index contributed by atoms with van der Waals surface area (Å²) >= 11 is 0. The van der Waals surface area contributed by atoms with Crippen LogP contribution in [-0.2, 0) is 4.79 Å². The highest BCUT2D eigenvalue weighted by molar-refractivity contribution is 6.00. The van der Waals surface area contributed by atoms with E-state index in [1.165, 1.54) is 18.2 Å². The summed E-state index contributed by atoms with van der Waals surface area (Å²) in [5.74, 6) is -2.28. The van der Waals surface area contributed by atoms with E-state index in [4.69, 9.17) is 5.11 Å². The molecule has 0 spiro atoms. The molecule has 0 aliphatic rings. The van der Waals surface area contributed by atoms with Crippen LogP contribution in [0.15, 0.2) is 18.2 Å². The average molecular weight is 224 g/mol. The molecule has 1 N–H and O–H groups in total. The van der Waals surface area contributed by atoms with Crippen LogP contribution in [0.25, 0.3) is 0 Å². The maximum absolute atomic E-state index is 12.8. The van der Waals surface area contributed by atoms with Crippen molar-refractivity contribution in [2.75, 3.05) is 0 Å². The van der Waals surface area contributed by atoms with Crippen LogP contribution in [0.2, 0.25) is 0 Å². The van der Waals surface area contributed by atoms with Crippen molar-refractivity contribution in [2.24, 2.45) is 5.92 Å². The van der Waals surface area contributed by atoms with Gasteiger partial charge in [-0.3, -0.25) is 9.59 Å². The summed E-state index contributed by atoms with van der Waals surface area (Å²) in [4.78, 5) is 22.3. The molecule has 1 aromatic carbocycles. The molecule has 1 rings (SSSR count). The van der Waals surface area contributed by atoms with Crippen molar-refractivity contribution >= 4 is 11.8 Å². The van der Waals surface area contributed by atoms with Crippen LogP contribution >= 0.6 is 0 Å². The number of aryl methyl sites for hydroxylation is 1. The monoisotopic (exact) mass is 224 g/mol. The first-order valence-corrected chi connectivity index (χ1v) is 4.94. The molecule has 0 radical (unpaired) electrons. The normalized spacial score (nSPS) is 12.2. The van der Waals surface area contributed by atoms with E-state index in [1.807, 2.05) is 0 Å². The van der Waals surface area contributed by atoms with E-state index < -0.39 is 17.7 Å². The van der Waals surface area contributed by atoms with E-state index in [-0.39, 0.29) is 12.2 Å². The zero-order valence-corrected chi connectivity index (χ0v) is 9.16. The Morgan fingerprint density at radius 1 is 1.44 bits per heavy atom. The standard InChI is InChI=1S/C12H13FO3/c1-7-5-9(13)3-4-10(7)12(16)8(2)6-11(14)15/h3-5,8H,6H2,1-2H3,(H,14,15). The van der Waals surface area contributed by atoms with E-state index >= 15 is 0 Å². The average Bonchev–Trinajstić information content (AvgIpc) is 2.15. The molecule has 1 unspecified atom stereocenters. The lowest BCUT2D eigenvalue weighted by Gasteiger charge is -2.10. The van der Waals surface area contributed by atoms with Crippen molar-refractivity contribution in [2.45, 2.75) is 20.3 Å². The van der Waals surface area contributed by atoms with Gasteiger partial charge in [0.25, 0.3) is 0 Å². The topological polar surface area (TPSA) is 54.4 Å². The molecule has 1 aromatic rings. The van der Waals surface area contributed by atoms with Gasteiger partial charge in [0, 0.05) is 11.5 Å². The van der Waals surface area contributed by atoms with Gasteiger partial charge in [-0.05, 0) is 30.7 Å². The summed E-state index contributed by atoms with van der Waals surface area (Å²) < 4.78 is 12.8. The lowest BCUT2D eigenvalue weighted by Crippen LogP contribution is -2.16. The predicted octanol–water partition coefficient (Wildman–Crippen LogP) is 2.43. The molecular weight excluding hydrogens is 211 g/mol. The number of halogens is 1. The highest BCUT2D eigenvalue weighted by Gasteiger charge is 2.19. The fraction of sp³-hybridized carbons (Fsp3) is 0.333. The van der Waals surface area contributed by atoms with Gasteiger partial charge in [-0.15, -0.1) is 0 Å². The molecule has 86 valence electrons. The van der Waals surface area contributed by atoms with E-state index in [2.05, 4.69) is 0 Å². The lowest BCUT2D eigenvalue weighted by atomic mass is 9.93. The summed E-state index contributed by atoms with van der Waals surface area (Å²) in [6.45, 7) is 3.18. The third-order valence-electron chi connectivity index (χ3n) is 2.38. The smallest absolute Gasteiger partial charge is 0.304 e. The number of hydrogen-bond acceptors (Lipinski definition) is 2. The van der Waals surface area contributed by atoms with Crippen LogP contribution in [-0.4, -0.2) is 16.9 Å².